The van der Waals surface area contributed by atoms with Gasteiger partial charge >= 0.3 is 0 Å². The first-order valence-corrected chi connectivity index (χ1v) is 7.84. The summed E-state index contributed by atoms with van der Waals surface area (Å²) in [6.45, 7) is 7.50. The molecule has 1 saturated heterocycles. The van der Waals surface area contributed by atoms with E-state index in [4.69, 9.17) is 0 Å². The zero-order chi connectivity index (χ0) is 14.9. The summed E-state index contributed by atoms with van der Waals surface area (Å²) in [5, 5.41) is 6.66. The van der Waals surface area contributed by atoms with Gasteiger partial charge < -0.3 is 15.5 Å². The molecule has 2 heterocycles. The molecule has 0 radical (unpaired) electrons. The lowest BCUT2D eigenvalue weighted by Gasteiger charge is -2.30. The summed E-state index contributed by atoms with van der Waals surface area (Å²) in [6, 6.07) is 5.93. The fraction of sp³-hybridized carbons (Fsp3) is 0.625. The maximum atomic E-state index is 4.29. The summed E-state index contributed by atoms with van der Waals surface area (Å²) in [7, 11) is 1.80. The van der Waals surface area contributed by atoms with E-state index in [0.717, 1.165) is 30.7 Å². The van der Waals surface area contributed by atoms with Crippen LogP contribution in [0.3, 0.4) is 0 Å². The van der Waals surface area contributed by atoms with Crippen LogP contribution in [0.25, 0.3) is 0 Å². The highest BCUT2D eigenvalue weighted by Gasteiger charge is 2.14. The Morgan fingerprint density at radius 3 is 2.73 bits per heavy atom. The van der Waals surface area contributed by atoms with Gasteiger partial charge in [-0.15, -0.1) is 24.0 Å². The van der Waals surface area contributed by atoms with Crippen molar-refractivity contribution in [3.8, 4) is 0 Å². The molecule has 1 aliphatic heterocycles. The Bertz CT molecular complexity index is 429. The molecule has 0 saturated carbocycles. The summed E-state index contributed by atoms with van der Waals surface area (Å²) in [5.41, 5.74) is 1.02. The number of halogens is 1. The lowest BCUT2D eigenvalue weighted by atomic mass is 9.99. The van der Waals surface area contributed by atoms with Crippen molar-refractivity contribution in [2.45, 2.75) is 26.3 Å². The monoisotopic (exact) mass is 417 g/mol. The third-order valence-corrected chi connectivity index (χ3v) is 3.98. The third-order valence-electron chi connectivity index (χ3n) is 3.98. The predicted molar refractivity (Wildman–Crippen MR) is 103 cm³/mol. The topological polar surface area (TPSA) is 52.6 Å². The minimum atomic E-state index is 0. The second-order valence-corrected chi connectivity index (χ2v) is 5.70. The molecule has 0 bridgehead atoms. The summed E-state index contributed by atoms with van der Waals surface area (Å²) in [5.74, 6) is 1.73. The van der Waals surface area contributed by atoms with E-state index >= 15 is 0 Å². The van der Waals surface area contributed by atoms with Crippen LogP contribution >= 0.6 is 24.0 Å². The van der Waals surface area contributed by atoms with Crippen molar-refractivity contribution in [3.63, 3.8) is 0 Å². The quantitative estimate of drug-likeness (QED) is 0.438. The number of likely N-dealkylation sites (tertiary alicyclic amines) is 1. The number of nitrogens with zero attached hydrogens (tertiary/aromatic N) is 3. The Hall–Kier alpha value is -0.890. The first-order valence-electron chi connectivity index (χ1n) is 7.84. The molecule has 1 aliphatic rings. The molecular formula is C16H28IN5. The zero-order valence-corrected chi connectivity index (χ0v) is 15.9. The van der Waals surface area contributed by atoms with Crippen LogP contribution in [0.2, 0.25) is 0 Å². The Kier molecular flexibility index (Phi) is 9.38. The number of hydrogen-bond acceptors (Lipinski definition) is 3. The van der Waals surface area contributed by atoms with Crippen LogP contribution in [-0.2, 0) is 6.54 Å². The third kappa shape index (κ3) is 6.91. The molecule has 0 amide bonds. The number of pyridine rings is 1. The summed E-state index contributed by atoms with van der Waals surface area (Å²) in [6.07, 6.45) is 4.46. The highest BCUT2D eigenvalue weighted by Crippen LogP contribution is 2.14. The number of rotatable bonds is 5. The van der Waals surface area contributed by atoms with Crippen LogP contribution in [0.4, 0.5) is 0 Å². The predicted octanol–water partition coefficient (Wildman–Crippen LogP) is 2.10. The molecule has 6 heteroatoms. The number of aliphatic imine (C=N–C) groups is 1. The fourth-order valence-corrected chi connectivity index (χ4v) is 2.52. The van der Waals surface area contributed by atoms with Gasteiger partial charge in [0.05, 0.1) is 12.2 Å². The van der Waals surface area contributed by atoms with Crippen molar-refractivity contribution in [2.75, 3.05) is 33.2 Å². The minimum Gasteiger partial charge on any atom is -0.355 e. The Morgan fingerprint density at radius 1 is 1.32 bits per heavy atom. The largest absolute Gasteiger partial charge is 0.355 e. The van der Waals surface area contributed by atoms with E-state index in [9.17, 15) is 0 Å². The SMILES string of the molecule is CN=C(NCCN1CCC(C)CC1)NCc1ccccn1.I. The number of nitrogens with one attached hydrogen (secondary N) is 2. The molecule has 1 aromatic rings. The maximum absolute atomic E-state index is 4.29. The molecule has 2 rings (SSSR count). The van der Waals surface area contributed by atoms with Gasteiger partial charge in [-0.1, -0.05) is 13.0 Å². The number of aromatic nitrogens is 1. The molecule has 2 N–H and O–H groups in total. The molecule has 0 atom stereocenters. The lowest BCUT2D eigenvalue weighted by molar-refractivity contribution is 0.195. The average molecular weight is 417 g/mol. The Morgan fingerprint density at radius 2 is 2.09 bits per heavy atom. The van der Waals surface area contributed by atoms with Crippen LogP contribution in [0, 0.1) is 5.92 Å². The first kappa shape index (κ1) is 19.2. The molecule has 5 nitrogen and oxygen atoms in total. The molecule has 0 spiro atoms. The van der Waals surface area contributed by atoms with Gasteiger partial charge in [0.15, 0.2) is 5.96 Å². The lowest BCUT2D eigenvalue weighted by Crippen LogP contribution is -2.43. The Labute approximate surface area is 151 Å². The first-order chi connectivity index (χ1) is 10.3. The van der Waals surface area contributed by atoms with Crippen LogP contribution in [0.5, 0.6) is 0 Å². The van der Waals surface area contributed by atoms with Crippen LogP contribution in [0.15, 0.2) is 29.4 Å². The van der Waals surface area contributed by atoms with Gasteiger partial charge in [0.1, 0.15) is 0 Å². The normalized spacial score (nSPS) is 16.9. The molecule has 1 aromatic heterocycles. The second kappa shape index (κ2) is 10.8. The maximum Gasteiger partial charge on any atom is 0.191 e. The van der Waals surface area contributed by atoms with Crippen LogP contribution in [-0.4, -0.2) is 49.1 Å². The second-order valence-electron chi connectivity index (χ2n) is 5.70. The van der Waals surface area contributed by atoms with Crippen molar-refractivity contribution in [1.82, 2.24) is 20.5 Å². The number of hydrogen-bond donors (Lipinski definition) is 2. The van der Waals surface area contributed by atoms with Crippen molar-refractivity contribution in [1.29, 1.82) is 0 Å². The van der Waals surface area contributed by atoms with E-state index in [1.807, 2.05) is 24.4 Å². The highest BCUT2D eigenvalue weighted by molar-refractivity contribution is 14.0. The number of guanidine groups is 1. The molecule has 22 heavy (non-hydrogen) atoms. The van der Waals surface area contributed by atoms with Crippen molar-refractivity contribution in [3.05, 3.63) is 30.1 Å². The average Bonchev–Trinajstić information content (AvgIpc) is 2.53. The summed E-state index contributed by atoms with van der Waals surface area (Å²) < 4.78 is 0. The van der Waals surface area contributed by atoms with Gasteiger partial charge in [-0.3, -0.25) is 9.98 Å². The fourth-order valence-electron chi connectivity index (χ4n) is 2.52. The smallest absolute Gasteiger partial charge is 0.191 e. The molecule has 1 fully saturated rings. The highest BCUT2D eigenvalue weighted by atomic mass is 127. The van der Waals surface area contributed by atoms with E-state index in [0.29, 0.717) is 6.54 Å². The van der Waals surface area contributed by atoms with Gasteiger partial charge in [0.2, 0.25) is 0 Å². The standard InChI is InChI=1S/C16H27N5.HI/c1-14-6-10-21(11-7-14)12-9-19-16(17-2)20-13-15-5-3-4-8-18-15;/h3-5,8,14H,6-7,9-13H2,1-2H3,(H2,17,19,20);1H. The van der Waals surface area contributed by atoms with Crippen LogP contribution < -0.4 is 10.6 Å². The molecule has 0 aliphatic carbocycles. The minimum absolute atomic E-state index is 0. The molecule has 124 valence electrons. The van der Waals surface area contributed by atoms with E-state index in [1.165, 1.54) is 25.9 Å². The van der Waals surface area contributed by atoms with Crippen molar-refractivity contribution >= 4 is 29.9 Å². The van der Waals surface area contributed by atoms with Gasteiger partial charge in [0, 0.05) is 26.3 Å². The Balaban J connectivity index is 0.00000242. The van der Waals surface area contributed by atoms with E-state index in [1.54, 1.807) is 7.05 Å². The molecular weight excluding hydrogens is 389 g/mol. The summed E-state index contributed by atoms with van der Waals surface area (Å²) >= 11 is 0. The molecule has 0 aromatic carbocycles. The number of piperidine rings is 1. The zero-order valence-electron chi connectivity index (χ0n) is 13.6. The van der Waals surface area contributed by atoms with Crippen LogP contribution in [0.1, 0.15) is 25.5 Å². The molecule has 0 unspecified atom stereocenters. The van der Waals surface area contributed by atoms with Gasteiger partial charge in [-0.2, -0.15) is 0 Å². The van der Waals surface area contributed by atoms with E-state index in [-0.39, 0.29) is 24.0 Å². The van der Waals surface area contributed by atoms with E-state index < -0.39 is 0 Å². The van der Waals surface area contributed by atoms with Gasteiger partial charge in [-0.25, -0.2) is 0 Å². The van der Waals surface area contributed by atoms with Crippen molar-refractivity contribution in [2.24, 2.45) is 10.9 Å². The van der Waals surface area contributed by atoms with Crippen molar-refractivity contribution < 1.29 is 0 Å². The summed E-state index contributed by atoms with van der Waals surface area (Å²) in [4.78, 5) is 11.1. The van der Waals surface area contributed by atoms with E-state index in [2.05, 4.69) is 32.4 Å². The van der Waals surface area contributed by atoms with Gasteiger partial charge in [0.25, 0.3) is 0 Å². The van der Waals surface area contributed by atoms with Gasteiger partial charge in [-0.05, 0) is 44.0 Å².